The Morgan fingerprint density at radius 1 is 1.43 bits per heavy atom. The minimum atomic E-state index is 0.590. The largest absolute Gasteiger partial charge is 0.375 e. The van der Waals surface area contributed by atoms with Gasteiger partial charge in [0.1, 0.15) is 0 Å². The highest BCUT2D eigenvalue weighted by Gasteiger charge is 2.03. The molecule has 0 saturated heterocycles. The van der Waals surface area contributed by atoms with Crippen LogP contribution in [0.4, 0.5) is 5.13 Å². The first-order chi connectivity index (χ1) is 6.66. The third-order valence-electron chi connectivity index (χ3n) is 1.97. The van der Waals surface area contributed by atoms with Crippen molar-refractivity contribution in [2.24, 2.45) is 0 Å². The van der Waals surface area contributed by atoms with E-state index in [0.717, 1.165) is 21.0 Å². The van der Waals surface area contributed by atoms with Gasteiger partial charge in [-0.05, 0) is 30.2 Å². The van der Waals surface area contributed by atoms with Gasteiger partial charge in [0.25, 0.3) is 0 Å². The van der Waals surface area contributed by atoms with Gasteiger partial charge in [-0.3, -0.25) is 0 Å². The summed E-state index contributed by atoms with van der Waals surface area (Å²) < 4.78 is 0. The van der Waals surface area contributed by atoms with Crippen LogP contribution in [0, 0.1) is 6.92 Å². The Balaban J connectivity index is 2.47. The van der Waals surface area contributed by atoms with Gasteiger partial charge in [-0.25, -0.2) is 4.98 Å². The van der Waals surface area contributed by atoms with Gasteiger partial charge in [0.2, 0.25) is 0 Å². The summed E-state index contributed by atoms with van der Waals surface area (Å²) in [5.41, 5.74) is 7.74. The number of aryl methyl sites for hydroxylation is 1. The number of aromatic nitrogens is 1. The van der Waals surface area contributed by atoms with Crippen LogP contribution in [0.1, 0.15) is 5.56 Å². The van der Waals surface area contributed by atoms with Crippen molar-refractivity contribution in [1.29, 1.82) is 0 Å². The van der Waals surface area contributed by atoms with Gasteiger partial charge < -0.3 is 5.73 Å². The first-order valence-corrected chi connectivity index (χ1v) is 5.34. The molecule has 0 radical (unpaired) electrons. The Morgan fingerprint density at radius 2 is 2.21 bits per heavy atom. The highest BCUT2D eigenvalue weighted by atomic mass is 35.5. The Morgan fingerprint density at radius 3 is 2.79 bits per heavy atom. The molecule has 0 aliphatic heterocycles. The normalized spacial score (nSPS) is 10.4. The fraction of sp³-hybridized carbons (Fsp3) is 0.100. The number of nitrogens with zero attached hydrogens (tertiary/aromatic N) is 1. The Kier molecular flexibility index (Phi) is 2.44. The second kappa shape index (κ2) is 3.59. The van der Waals surface area contributed by atoms with Crippen LogP contribution in [-0.2, 0) is 0 Å². The summed E-state index contributed by atoms with van der Waals surface area (Å²) in [6.07, 6.45) is 1.78. The van der Waals surface area contributed by atoms with E-state index in [4.69, 9.17) is 17.3 Å². The molecule has 0 aliphatic carbocycles. The monoisotopic (exact) mass is 224 g/mol. The molecule has 0 aliphatic rings. The molecule has 1 aromatic carbocycles. The Bertz CT molecular complexity index is 465. The molecule has 0 saturated carbocycles. The predicted octanol–water partition coefficient (Wildman–Crippen LogP) is 3.35. The maximum absolute atomic E-state index is 5.94. The molecule has 0 unspecified atom stereocenters. The number of thiazole rings is 1. The van der Waals surface area contributed by atoms with Crippen LogP contribution in [0.15, 0.2) is 24.4 Å². The minimum Gasteiger partial charge on any atom is -0.375 e. The molecule has 2 aromatic rings. The lowest BCUT2D eigenvalue weighted by atomic mass is 10.1. The summed E-state index contributed by atoms with van der Waals surface area (Å²) in [4.78, 5) is 5.08. The van der Waals surface area contributed by atoms with Crippen molar-refractivity contribution in [2.75, 3.05) is 5.73 Å². The lowest BCUT2D eigenvalue weighted by Crippen LogP contribution is -1.77. The predicted molar refractivity (Wildman–Crippen MR) is 61.7 cm³/mol. The Labute approximate surface area is 91.4 Å². The SMILES string of the molecule is Cc1cc(-c2cnc(N)s2)ccc1Cl. The highest BCUT2D eigenvalue weighted by molar-refractivity contribution is 7.18. The van der Waals surface area contributed by atoms with E-state index in [0.29, 0.717) is 5.13 Å². The summed E-state index contributed by atoms with van der Waals surface area (Å²) in [5.74, 6) is 0. The maximum Gasteiger partial charge on any atom is 0.180 e. The van der Waals surface area contributed by atoms with E-state index in [-0.39, 0.29) is 0 Å². The number of hydrogen-bond donors (Lipinski definition) is 1. The highest BCUT2D eigenvalue weighted by Crippen LogP contribution is 2.29. The van der Waals surface area contributed by atoms with Crippen molar-refractivity contribution in [2.45, 2.75) is 6.92 Å². The molecular weight excluding hydrogens is 216 g/mol. The lowest BCUT2D eigenvalue weighted by Gasteiger charge is -2.00. The zero-order valence-electron chi connectivity index (χ0n) is 7.62. The van der Waals surface area contributed by atoms with E-state index >= 15 is 0 Å². The smallest absolute Gasteiger partial charge is 0.180 e. The molecule has 0 atom stereocenters. The molecule has 2 nitrogen and oxygen atoms in total. The number of rotatable bonds is 1. The van der Waals surface area contributed by atoms with Gasteiger partial charge in [0.05, 0.1) is 4.88 Å². The van der Waals surface area contributed by atoms with E-state index in [1.807, 2.05) is 25.1 Å². The van der Waals surface area contributed by atoms with Crippen molar-refractivity contribution in [3.63, 3.8) is 0 Å². The van der Waals surface area contributed by atoms with Crippen LogP contribution in [0.2, 0.25) is 5.02 Å². The van der Waals surface area contributed by atoms with Crippen molar-refractivity contribution < 1.29 is 0 Å². The molecule has 0 spiro atoms. The molecule has 2 N–H and O–H groups in total. The maximum atomic E-state index is 5.94. The minimum absolute atomic E-state index is 0.590. The second-order valence-corrected chi connectivity index (χ2v) is 4.50. The van der Waals surface area contributed by atoms with Crippen molar-refractivity contribution in [3.05, 3.63) is 35.0 Å². The van der Waals surface area contributed by atoms with Gasteiger partial charge in [-0.15, -0.1) is 0 Å². The fourth-order valence-electron chi connectivity index (χ4n) is 1.22. The molecule has 14 heavy (non-hydrogen) atoms. The zero-order valence-corrected chi connectivity index (χ0v) is 9.19. The van der Waals surface area contributed by atoms with Crippen LogP contribution in [0.25, 0.3) is 10.4 Å². The number of hydrogen-bond acceptors (Lipinski definition) is 3. The topological polar surface area (TPSA) is 38.9 Å². The molecule has 0 bridgehead atoms. The van der Waals surface area contributed by atoms with Gasteiger partial charge in [-0.1, -0.05) is 29.0 Å². The van der Waals surface area contributed by atoms with Crippen LogP contribution >= 0.6 is 22.9 Å². The van der Waals surface area contributed by atoms with Crippen LogP contribution in [-0.4, -0.2) is 4.98 Å². The lowest BCUT2D eigenvalue weighted by molar-refractivity contribution is 1.42. The van der Waals surface area contributed by atoms with Gasteiger partial charge in [0, 0.05) is 11.2 Å². The number of halogens is 1. The van der Waals surface area contributed by atoms with E-state index < -0.39 is 0 Å². The number of benzene rings is 1. The average molecular weight is 225 g/mol. The van der Waals surface area contributed by atoms with Crippen LogP contribution in [0.3, 0.4) is 0 Å². The molecule has 1 heterocycles. The van der Waals surface area contributed by atoms with Crippen molar-refractivity contribution >= 4 is 28.1 Å². The number of nitrogen functional groups attached to an aromatic ring is 1. The van der Waals surface area contributed by atoms with Crippen LogP contribution in [0.5, 0.6) is 0 Å². The summed E-state index contributed by atoms with van der Waals surface area (Å²) >= 11 is 7.42. The number of nitrogens with two attached hydrogens (primary N) is 1. The third kappa shape index (κ3) is 1.74. The van der Waals surface area contributed by atoms with E-state index in [1.54, 1.807) is 6.20 Å². The molecular formula is C10H9ClN2S. The van der Waals surface area contributed by atoms with Gasteiger partial charge in [-0.2, -0.15) is 0 Å². The summed E-state index contributed by atoms with van der Waals surface area (Å²) in [6, 6.07) is 5.90. The van der Waals surface area contributed by atoms with E-state index in [9.17, 15) is 0 Å². The van der Waals surface area contributed by atoms with Gasteiger partial charge in [0.15, 0.2) is 5.13 Å². The second-order valence-electron chi connectivity index (χ2n) is 3.03. The average Bonchev–Trinajstić information content (AvgIpc) is 2.57. The molecule has 1 aromatic heterocycles. The quantitative estimate of drug-likeness (QED) is 0.807. The summed E-state index contributed by atoms with van der Waals surface area (Å²) in [6.45, 7) is 1.98. The number of anilines is 1. The fourth-order valence-corrected chi connectivity index (χ4v) is 2.02. The zero-order chi connectivity index (χ0) is 10.1. The summed E-state index contributed by atoms with van der Waals surface area (Å²) in [5, 5.41) is 1.37. The van der Waals surface area contributed by atoms with Crippen molar-refractivity contribution in [3.8, 4) is 10.4 Å². The van der Waals surface area contributed by atoms with E-state index in [2.05, 4.69) is 4.98 Å². The summed E-state index contributed by atoms with van der Waals surface area (Å²) in [7, 11) is 0. The van der Waals surface area contributed by atoms with Crippen molar-refractivity contribution in [1.82, 2.24) is 4.98 Å². The Hall–Kier alpha value is -1.06. The standard InChI is InChI=1S/C10H9ClN2S/c1-6-4-7(2-3-8(6)11)9-5-13-10(12)14-9/h2-5H,1H3,(H2,12,13). The molecule has 2 rings (SSSR count). The molecule has 0 fully saturated rings. The van der Waals surface area contributed by atoms with Gasteiger partial charge >= 0.3 is 0 Å². The molecule has 4 heteroatoms. The molecule has 0 amide bonds. The first kappa shape index (κ1) is 9.49. The molecule has 72 valence electrons. The first-order valence-electron chi connectivity index (χ1n) is 4.14. The van der Waals surface area contributed by atoms with Crippen LogP contribution < -0.4 is 5.73 Å². The van der Waals surface area contributed by atoms with E-state index in [1.165, 1.54) is 11.3 Å². The third-order valence-corrected chi connectivity index (χ3v) is 3.27.